The SMILES string of the molecule is O=C(Nc1cccc(C(F)(F)F)c1)c1cc(-c2ccccc2)on1. The maximum absolute atomic E-state index is 12.7. The van der Waals surface area contributed by atoms with E-state index in [1.54, 1.807) is 24.3 Å². The Hall–Kier alpha value is -3.09. The predicted molar refractivity (Wildman–Crippen MR) is 81.3 cm³/mol. The van der Waals surface area contributed by atoms with Crippen molar-refractivity contribution in [3.8, 4) is 11.3 Å². The third kappa shape index (κ3) is 3.45. The number of benzene rings is 2. The van der Waals surface area contributed by atoms with Gasteiger partial charge in [0.15, 0.2) is 11.5 Å². The number of alkyl halides is 3. The van der Waals surface area contributed by atoms with E-state index in [1.807, 2.05) is 6.07 Å². The highest BCUT2D eigenvalue weighted by atomic mass is 19.4. The van der Waals surface area contributed by atoms with Crippen LogP contribution in [0.25, 0.3) is 11.3 Å². The number of rotatable bonds is 3. The average molecular weight is 332 g/mol. The minimum atomic E-state index is -4.48. The molecule has 1 N–H and O–H groups in total. The van der Waals surface area contributed by atoms with E-state index in [4.69, 9.17) is 4.52 Å². The first kappa shape index (κ1) is 15.8. The normalized spacial score (nSPS) is 11.3. The quantitative estimate of drug-likeness (QED) is 0.762. The first-order valence-corrected chi connectivity index (χ1v) is 6.94. The van der Waals surface area contributed by atoms with Crippen molar-refractivity contribution in [3.05, 3.63) is 71.9 Å². The molecule has 3 rings (SSSR count). The molecule has 1 amide bonds. The zero-order valence-corrected chi connectivity index (χ0v) is 12.2. The van der Waals surface area contributed by atoms with Crippen LogP contribution in [0, 0.1) is 0 Å². The topological polar surface area (TPSA) is 55.1 Å². The van der Waals surface area contributed by atoms with Crippen LogP contribution in [-0.4, -0.2) is 11.1 Å². The Bertz CT molecular complexity index is 858. The maximum atomic E-state index is 12.7. The minimum Gasteiger partial charge on any atom is -0.355 e. The van der Waals surface area contributed by atoms with Crippen LogP contribution in [0.2, 0.25) is 0 Å². The van der Waals surface area contributed by atoms with Crippen molar-refractivity contribution in [2.75, 3.05) is 5.32 Å². The molecule has 0 bridgehead atoms. The van der Waals surface area contributed by atoms with Gasteiger partial charge in [-0.15, -0.1) is 0 Å². The molecule has 0 radical (unpaired) electrons. The van der Waals surface area contributed by atoms with Gasteiger partial charge in [-0.2, -0.15) is 13.2 Å². The summed E-state index contributed by atoms with van der Waals surface area (Å²) in [6, 6.07) is 14.8. The molecule has 3 aromatic rings. The monoisotopic (exact) mass is 332 g/mol. The zero-order chi connectivity index (χ0) is 17.2. The van der Waals surface area contributed by atoms with Crippen LogP contribution in [0.4, 0.5) is 18.9 Å². The molecule has 0 atom stereocenters. The summed E-state index contributed by atoms with van der Waals surface area (Å²) >= 11 is 0. The van der Waals surface area contributed by atoms with Crippen LogP contribution >= 0.6 is 0 Å². The van der Waals surface area contributed by atoms with E-state index < -0.39 is 17.6 Å². The van der Waals surface area contributed by atoms with Crippen molar-refractivity contribution >= 4 is 11.6 Å². The summed E-state index contributed by atoms with van der Waals surface area (Å²) in [5.41, 5.74) is -0.0982. The van der Waals surface area contributed by atoms with Crippen LogP contribution in [0.5, 0.6) is 0 Å². The largest absolute Gasteiger partial charge is 0.416 e. The Labute approximate surface area is 134 Å². The number of carbonyl (C=O) groups is 1. The van der Waals surface area contributed by atoms with Gasteiger partial charge >= 0.3 is 6.18 Å². The average Bonchev–Trinajstić information content (AvgIpc) is 3.05. The van der Waals surface area contributed by atoms with Crippen molar-refractivity contribution in [1.29, 1.82) is 0 Å². The second-order valence-electron chi connectivity index (χ2n) is 4.98. The Morgan fingerprint density at radius 3 is 2.46 bits per heavy atom. The fourth-order valence-electron chi connectivity index (χ4n) is 2.09. The fourth-order valence-corrected chi connectivity index (χ4v) is 2.09. The predicted octanol–water partition coefficient (Wildman–Crippen LogP) is 4.61. The van der Waals surface area contributed by atoms with Gasteiger partial charge in [-0.3, -0.25) is 4.79 Å². The van der Waals surface area contributed by atoms with E-state index in [0.29, 0.717) is 5.76 Å². The first-order chi connectivity index (χ1) is 11.4. The van der Waals surface area contributed by atoms with Gasteiger partial charge in [-0.25, -0.2) is 0 Å². The molecule has 0 aliphatic rings. The van der Waals surface area contributed by atoms with Crippen LogP contribution in [0.1, 0.15) is 16.1 Å². The van der Waals surface area contributed by atoms with Gasteiger partial charge in [-0.05, 0) is 18.2 Å². The standard InChI is InChI=1S/C17H11F3N2O2/c18-17(19,20)12-7-4-8-13(9-12)21-16(23)14-10-15(24-22-14)11-5-2-1-3-6-11/h1-10H,(H,21,23). The second kappa shape index (κ2) is 6.19. The second-order valence-corrected chi connectivity index (χ2v) is 4.98. The molecule has 7 heteroatoms. The molecule has 0 aliphatic heterocycles. The van der Waals surface area contributed by atoms with Crippen LogP contribution < -0.4 is 5.32 Å². The van der Waals surface area contributed by atoms with E-state index in [-0.39, 0.29) is 11.4 Å². The van der Waals surface area contributed by atoms with Crippen LogP contribution in [0.3, 0.4) is 0 Å². The van der Waals surface area contributed by atoms with Crippen molar-refractivity contribution in [2.24, 2.45) is 0 Å². The lowest BCUT2D eigenvalue weighted by Crippen LogP contribution is -2.13. The highest BCUT2D eigenvalue weighted by Gasteiger charge is 2.30. The highest BCUT2D eigenvalue weighted by Crippen LogP contribution is 2.30. The summed E-state index contributed by atoms with van der Waals surface area (Å²) in [6.45, 7) is 0. The fraction of sp³-hybridized carbons (Fsp3) is 0.0588. The van der Waals surface area contributed by atoms with E-state index in [9.17, 15) is 18.0 Å². The minimum absolute atomic E-state index is 0.0220. The number of carbonyl (C=O) groups excluding carboxylic acids is 1. The smallest absolute Gasteiger partial charge is 0.355 e. The van der Waals surface area contributed by atoms with Crippen molar-refractivity contribution < 1.29 is 22.5 Å². The molecular weight excluding hydrogens is 321 g/mol. The van der Waals surface area contributed by atoms with Gasteiger partial charge in [0.05, 0.1) is 5.56 Å². The van der Waals surface area contributed by atoms with E-state index in [2.05, 4.69) is 10.5 Å². The molecule has 0 saturated carbocycles. The van der Waals surface area contributed by atoms with Crippen LogP contribution in [0.15, 0.2) is 65.2 Å². The highest BCUT2D eigenvalue weighted by molar-refractivity contribution is 6.03. The van der Waals surface area contributed by atoms with Crippen LogP contribution in [-0.2, 0) is 6.18 Å². The Balaban J connectivity index is 1.78. The summed E-state index contributed by atoms with van der Waals surface area (Å²) in [5, 5.41) is 6.02. The van der Waals surface area contributed by atoms with Gasteiger partial charge in [0.25, 0.3) is 5.91 Å². The number of anilines is 1. The maximum Gasteiger partial charge on any atom is 0.416 e. The number of aromatic nitrogens is 1. The van der Waals surface area contributed by atoms with Gasteiger partial charge in [0.2, 0.25) is 0 Å². The molecular formula is C17H11F3N2O2. The first-order valence-electron chi connectivity index (χ1n) is 6.94. The number of hydrogen-bond donors (Lipinski definition) is 1. The lowest BCUT2D eigenvalue weighted by atomic mass is 10.1. The Kier molecular flexibility index (Phi) is 4.07. The third-order valence-corrected chi connectivity index (χ3v) is 3.25. The Morgan fingerprint density at radius 2 is 1.75 bits per heavy atom. The summed E-state index contributed by atoms with van der Waals surface area (Å²) in [5.74, 6) is -0.259. The zero-order valence-electron chi connectivity index (χ0n) is 12.2. The van der Waals surface area contributed by atoms with Gasteiger partial charge in [-0.1, -0.05) is 41.6 Å². The summed E-state index contributed by atoms with van der Waals surface area (Å²) in [6.07, 6.45) is -4.48. The number of halogens is 3. The number of nitrogens with zero attached hydrogens (tertiary/aromatic N) is 1. The van der Waals surface area contributed by atoms with E-state index in [1.165, 1.54) is 18.2 Å². The third-order valence-electron chi connectivity index (χ3n) is 3.25. The molecule has 1 aromatic heterocycles. The molecule has 4 nitrogen and oxygen atoms in total. The molecule has 0 saturated heterocycles. The van der Waals surface area contributed by atoms with E-state index in [0.717, 1.165) is 17.7 Å². The number of hydrogen-bond acceptors (Lipinski definition) is 3. The van der Waals surface area contributed by atoms with Crippen molar-refractivity contribution in [1.82, 2.24) is 5.16 Å². The molecule has 0 fully saturated rings. The molecule has 122 valence electrons. The van der Waals surface area contributed by atoms with Gasteiger partial charge in [0, 0.05) is 17.3 Å². The number of nitrogens with one attached hydrogen (secondary N) is 1. The van der Waals surface area contributed by atoms with Gasteiger partial charge in [0.1, 0.15) is 0 Å². The Morgan fingerprint density at radius 1 is 1.00 bits per heavy atom. The van der Waals surface area contributed by atoms with Gasteiger partial charge < -0.3 is 9.84 Å². The molecule has 1 heterocycles. The molecule has 0 spiro atoms. The number of amides is 1. The summed E-state index contributed by atoms with van der Waals surface area (Å²) in [7, 11) is 0. The molecule has 24 heavy (non-hydrogen) atoms. The van der Waals surface area contributed by atoms with Crippen molar-refractivity contribution in [2.45, 2.75) is 6.18 Å². The summed E-state index contributed by atoms with van der Waals surface area (Å²) < 4.78 is 43.1. The lowest BCUT2D eigenvalue weighted by Gasteiger charge is -2.08. The van der Waals surface area contributed by atoms with Crippen molar-refractivity contribution in [3.63, 3.8) is 0 Å². The summed E-state index contributed by atoms with van der Waals surface area (Å²) in [4.78, 5) is 12.1. The molecule has 0 unspecified atom stereocenters. The van der Waals surface area contributed by atoms with E-state index >= 15 is 0 Å². The molecule has 2 aromatic carbocycles. The lowest BCUT2D eigenvalue weighted by molar-refractivity contribution is -0.137. The molecule has 0 aliphatic carbocycles.